The Morgan fingerprint density at radius 1 is 1.29 bits per heavy atom. The summed E-state index contributed by atoms with van der Waals surface area (Å²) < 4.78 is 10.4. The van der Waals surface area contributed by atoms with Crippen molar-refractivity contribution in [1.82, 2.24) is 0 Å². The molecule has 0 saturated heterocycles. The summed E-state index contributed by atoms with van der Waals surface area (Å²) in [7, 11) is 1.69. The van der Waals surface area contributed by atoms with Gasteiger partial charge in [0.05, 0.1) is 19.8 Å². The minimum atomic E-state index is 0.660. The molecule has 4 nitrogen and oxygen atoms in total. The fraction of sp³-hybridized carbons (Fsp3) is 0.538. The molecule has 0 unspecified atom stereocenters. The molecule has 2 N–H and O–H groups in total. The van der Waals surface area contributed by atoms with Crippen LogP contribution in [0.3, 0.4) is 0 Å². The molecular weight excluding hydrogens is 216 g/mol. The van der Waals surface area contributed by atoms with Gasteiger partial charge in [0.25, 0.3) is 0 Å². The van der Waals surface area contributed by atoms with Gasteiger partial charge in [0.2, 0.25) is 0 Å². The lowest BCUT2D eigenvalue weighted by Crippen LogP contribution is -2.25. The van der Waals surface area contributed by atoms with Crippen molar-refractivity contribution >= 4 is 11.4 Å². The van der Waals surface area contributed by atoms with Crippen LogP contribution in [0.5, 0.6) is 0 Å². The van der Waals surface area contributed by atoms with Crippen molar-refractivity contribution in [2.45, 2.75) is 6.42 Å². The number of rotatable bonds is 6. The van der Waals surface area contributed by atoms with Gasteiger partial charge in [0.15, 0.2) is 0 Å². The quantitative estimate of drug-likeness (QED) is 0.597. The molecule has 0 amide bonds. The summed E-state index contributed by atoms with van der Waals surface area (Å²) in [5.74, 6) is 0. The van der Waals surface area contributed by atoms with Crippen LogP contribution in [0, 0.1) is 0 Å². The lowest BCUT2D eigenvalue weighted by atomic mass is 10.1. The molecule has 1 aromatic rings. The maximum absolute atomic E-state index is 5.77. The SMILES string of the molecule is COCCOCCN1CCc2cc(N)ccc21. The van der Waals surface area contributed by atoms with E-state index in [2.05, 4.69) is 17.0 Å². The summed E-state index contributed by atoms with van der Waals surface area (Å²) in [5.41, 5.74) is 9.27. The number of benzene rings is 1. The summed E-state index contributed by atoms with van der Waals surface area (Å²) in [4.78, 5) is 2.35. The smallest absolute Gasteiger partial charge is 0.0701 e. The highest BCUT2D eigenvalue weighted by Gasteiger charge is 2.18. The van der Waals surface area contributed by atoms with Gasteiger partial charge in [0, 0.05) is 31.6 Å². The number of methoxy groups -OCH3 is 1. The number of hydrogen-bond acceptors (Lipinski definition) is 4. The maximum Gasteiger partial charge on any atom is 0.0701 e. The Labute approximate surface area is 102 Å². The van der Waals surface area contributed by atoms with E-state index in [0.29, 0.717) is 13.2 Å². The standard InChI is InChI=1S/C13H20N2O2/c1-16-8-9-17-7-6-15-5-4-11-10-12(14)2-3-13(11)15/h2-3,10H,4-9,14H2,1H3. The number of nitrogen functional groups attached to an aromatic ring is 1. The molecule has 1 heterocycles. The fourth-order valence-corrected chi connectivity index (χ4v) is 2.14. The Bertz CT molecular complexity index is 368. The van der Waals surface area contributed by atoms with E-state index < -0.39 is 0 Å². The summed E-state index contributed by atoms with van der Waals surface area (Å²) >= 11 is 0. The largest absolute Gasteiger partial charge is 0.399 e. The first kappa shape index (κ1) is 12.2. The number of fused-ring (bicyclic) bond motifs is 1. The van der Waals surface area contributed by atoms with E-state index in [-0.39, 0.29) is 0 Å². The van der Waals surface area contributed by atoms with Crippen LogP contribution >= 0.6 is 0 Å². The number of nitrogens with zero attached hydrogens (tertiary/aromatic N) is 1. The van der Waals surface area contributed by atoms with Crippen molar-refractivity contribution in [1.29, 1.82) is 0 Å². The fourth-order valence-electron chi connectivity index (χ4n) is 2.14. The second-order valence-electron chi connectivity index (χ2n) is 4.23. The zero-order valence-corrected chi connectivity index (χ0v) is 10.3. The normalized spacial score (nSPS) is 14.1. The summed E-state index contributed by atoms with van der Waals surface area (Å²) in [6, 6.07) is 6.14. The van der Waals surface area contributed by atoms with Gasteiger partial charge >= 0.3 is 0 Å². The van der Waals surface area contributed by atoms with E-state index in [1.807, 2.05) is 6.07 Å². The maximum atomic E-state index is 5.77. The van der Waals surface area contributed by atoms with Crippen LogP contribution in [0.4, 0.5) is 11.4 Å². The van der Waals surface area contributed by atoms with Crippen LogP contribution in [0.15, 0.2) is 18.2 Å². The van der Waals surface area contributed by atoms with Crippen LogP contribution < -0.4 is 10.6 Å². The van der Waals surface area contributed by atoms with E-state index in [1.54, 1.807) is 7.11 Å². The third-order valence-corrected chi connectivity index (χ3v) is 3.03. The van der Waals surface area contributed by atoms with E-state index in [9.17, 15) is 0 Å². The zero-order valence-electron chi connectivity index (χ0n) is 10.3. The first-order chi connectivity index (χ1) is 8.31. The molecule has 1 aliphatic heterocycles. The molecule has 1 aromatic carbocycles. The molecule has 0 spiro atoms. The van der Waals surface area contributed by atoms with Gasteiger partial charge in [-0.25, -0.2) is 0 Å². The van der Waals surface area contributed by atoms with Gasteiger partial charge in [-0.05, 0) is 30.2 Å². The van der Waals surface area contributed by atoms with Gasteiger partial charge in [-0.2, -0.15) is 0 Å². The van der Waals surface area contributed by atoms with E-state index in [1.165, 1.54) is 11.3 Å². The van der Waals surface area contributed by atoms with Crippen molar-refractivity contribution in [2.24, 2.45) is 0 Å². The van der Waals surface area contributed by atoms with Gasteiger partial charge in [-0.15, -0.1) is 0 Å². The number of nitrogens with two attached hydrogens (primary N) is 1. The van der Waals surface area contributed by atoms with Gasteiger partial charge in [-0.3, -0.25) is 0 Å². The highest BCUT2D eigenvalue weighted by molar-refractivity contribution is 5.62. The minimum absolute atomic E-state index is 0.660. The Morgan fingerprint density at radius 2 is 2.18 bits per heavy atom. The number of anilines is 2. The molecular formula is C13H20N2O2. The lowest BCUT2D eigenvalue weighted by Gasteiger charge is -2.19. The lowest BCUT2D eigenvalue weighted by molar-refractivity contribution is 0.0742. The third-order valence-electron chi connectivity index (χ3n) is 3.03. The van der Waals surface area contributed by atoms with Gasteiger partial charge < -0.3 is 20.1 Å². The van der Waals surface area contributed by atoms with Crippen LogP contribution in [0.25, 0.3) is 0 Å². The van der Waals surface area contributed by atoms with Crippen molar-refractivity contribution in [2.75, 3.05) is 50.7 Å². The highest BCUT2D eigenvalue weighted by Crippen LogP contribution is 2.29. The number of ether oxygens (including phenoxy) is 2. The molecule has 94 valence electrons. The Kier molecular flexibility index (Phi) is 4.23. The van der Waals surface area contributed by atoms with Crippen molar-refractivity contribution < 1.29 is 9.47 Å². The molecule has 0 saturated carbocycles. The van der Waals surface area contributed by atoms with Crippen molar-refractivity contribution in [3.8, 4) is 0 Å². The minimum Gasteiger partial charge on any atom is -0.399 e. The molecule has 1 aliphatic rings. The van der Waals surface area contributed by atoms with Gasteiger partial charge in [-0.1, -0.05) is 0 Å². The predicted molar refractivity (Wildman–Crippen MR) is 69.5 cm³/mol. The zero-order chi connectivity index (χ0) is 12.1. The third kappa shape index (κ3) is 3.11. The second kappa shape index (κ2) is 5.89. The molecule has 17 heavy (non-hydrogen) atoms. The molecule has 2 rings (SSSR count). The number of hydrogen-bond donors (Lipinski definition) is 1. The van der Waals surface area contributed by atoms with Crippen LogP contribution in [-0.4, -0.2) is 40.0 Å². The summed E-state index contributed by atoms with van der Waals surface area (Å²) in [6.07, 6.45) is 1.08. The Morgan fingerprint density at radius 3 is 3.00 bits per heavy atom. The molecule has 0 bridgehead atoms. The second-order valence-corrected chi connectivity index (χ2v) is 4.23. The first-order valence-electron chi connectivity index (χ1n) is 6.01. The predicted octanol–water partition coefficient (Wildman–Crippen LogP) is 1.29. The molecule has 0 aliphatic carbocycles. The average molecular weight is 236 g/mol. The van der Waals surface area contributed by atoms with E-state index in [0.717, 1.165) is 31.8 Å². The van der Waals surface area contributed by atoms with Gasteiger partial charge in [0.1, 0.15) is 0 Å². The first-order valence-corrected chi connectivity index (χ1v) is 6.01. The summed E-state index contributed by atoms with van der Waals surface area (Å²) in [6.45, 7) is 4.06. The highest BCUT2D eigenvalue weighted by atomic mass is 16.5. The molecule has 0 radical (unpaired) electrons. The van der Waals surface area contributed by atoms with Crippen LogP contribution in [0.2, 0.25) is 0 Å². The Balaban J connectivity index is 1.81. The molecule has 0 aromatic heterocycles. The molecule has 4 heteroatoms. The topological polar surface area (TPSA) is 47.7 Å². The molecule has 0 atom stereocenters. The molecule has 0 fully saturated rings. The Hall–Kier alpha value is -1.26. The van der Waals surface area contributed by atoms with E-state index >= 15 is 0 Å². The van der Waals surface area contributed by atoms with Crippen LogP contribution in [-0.2, 0) is 15.9 Å². The summed E-state index contributed by atoms with van der Waals surface area (Å²) in [5, 5.41) is 0. The van der Waals surface area contributed by atoms with Crippen molar-refractivity contribution in [3.05, 3.63) is 23.8 Å². The average Bonchev–Trinajstić information content (AvgIpc) is 2.71. The van der Waals surface area contributed by atoms with Crippen molar-refractivity contribution in [3.63, 3.8) is 0 Å². The van der Waals surface area contributed by atoms with Crippen LogP contribution in [0.1, 0.15) is 5.56 Å². The monoisotopic (exact) mass is 236 g/mol. The van der Waals surface area contributed by atoms with E-state index in [4.69, 9.17) is 15.2 Å².